The molecule has 58 valence electrons. The number of hydrogen-bond donors (Lipinski definition) is 1. The molecule has 0 saturated heterocycles. The summed E-state index contributed by atoms with van der Waals surface area (Å²) in [4.78, 5) is 10.6. The number of carbonyl (C=O) groups excluding carboxylic acids is 1. The Morgan fingerprint density at radius 3 is 2.55 bits per heavy atom. The molecule has 4 heteroatoms. The van der Waals surface area contributed by atoms with Crippen molar-refractivity contribution < 1.29 is 9.90 Å². The van der Waals surface area contributed by atoms with Crippen molar-refractivity contribution in [2.24, 2.45) is 0 Å². The van der Waals surface area contributed by atoms with E-state index in [0.717, 1.165) is 0 Å². The molecule has 1 N–H and O–H groups in total. The Labute approximate surface area is 73.4 Å². The Balaban J connectivity index is 3.27. The molecule has 0 heterocycles. The maximum absolute atomic E-state index is 10.6. The first-order valence-corrected chi connectivity index (χ1v) is 3.56. The zero-order valence-corrected chi connectivity index (χ0v) is 6.86. The van der Waals surface area contributed by atoms with Crippen molar-refractivity contribution in [3.63, 3.8) is 0 Å². The zero-order chi connectivity index (χ0) is 8.43. The Kier molecular flexibility index (Phi) is 2.37. The highest BCUT2D eigenvalue weighted by molar-refractivity contribution is 6.68. The Hall–Kier alpha value is -0.730. The third-order valence-electron chi connectivity index (χ3n) is 1.19. The molecule has 1 aromatic rings. The van der Waals surface area contributed by atoms with E-state index in [0.29, 0.717) is 0 Å². The maximum atomic E-state index is 10.6. The van der Waals surface area contributed by atoms with Crippen molar-refractivity contribution in [3.05, 3.63) is 28.8 Å². The highest BCUT2D eigenvalue weighted by atomic mass is 35.5. The fourth-order valence-corrected chi connectivity index (χ4v) is 1.09. The predicted molar refractivity (Wildman–Crippen MR) is 43.3 cm³/mol. The molecule has 11 heavy (non-hydrogen) atoms. The number of hydrogen-bond acceptors (Lipinski definition) is 2. The lowest BCUT2D eigenvalue weighted by Crippen LogP contribution is -1.89. The molecule has 0 atom stereocenters. The minimum Gasteiger partial charge on any atom is -0.506 e. The van der Waals surface area contributed by atoms with Gasteiger partial charge in [0, 0.05) is 0 Å². The quantitative estimate of drug-likeness (QED) is 0.692. The van der Waals surface area contributed by atoms with Gasteiger partial charge in [0.2, 0.25) is 0 Å². The smallest absolute Gasteiger partial charge is 0.254 e. The number of carbonyl (C=O) groups is 1. The topological polar surface area (TPSA) is 37.3 Å². The van der Waals surface area contributed by atoms with Gasteiger partial charge in [-0.1, -0.05) is 17.7 Å². The van der Waals surface area contributed by atoms with Crippen molar-refractivity contribution in [3.8, 4) is 5.75 Å². The summed E-state index contributed by atoms with van der Waals surface area (Å²) in [5.41, 5.74) is 0.119. The van der Waals surface area contributed by atoms with Gasteiger partial charge < -0.3 is 5.11 Å². The molecule has 1 rings (SSSR count). The highest BCUT2D eigenvalue weighted by Crippen LogP contribution is 2.27. The monoisotopic (exact) mass is 190 g/mol. The van der Waals surface area contributed by atoms with Crippen molar-refractivity contribution in [1.82, 2.24) is 0 Å². The SMILES string of the molecule is O=C(Cl)c1cccc(O)c1Cl. The van der Waals surface area contributed by atoms with Crippen LogP contribution in [0.2, 0.25) is 5.02 Å². The van der Waals surface area contributed by atoms with E-state index in [-0.39, 0.29) is 16.3 Å². The van der Waals surface area contributed by atoms with Crippen LogP contribution in [0.15, 0.2) is 18.2 Å². The second-order valence-electron chi connectivity index (χ2n) is 1.91. The van der Waals surface area contributed by atoms with Crippen LogP contribution in [0, 0.1) is 0 Å². The number of phenols is 1. The molecular weight excluding hydrogens is 187 g/mol. The highest BCUT2D eigenvalue weighted by Gasteiger charge is 2.09. The largest absolute Gasteiger partial charge is 0.506 e. The number of halogens is 2. The Bertz CT molecular complexity index is 296. The summed E-state index contributed by atoms with van der Waals surface area (Å²) >= 11 is 10.7. The van der Waals surface area contributed by atoms with Crippen LogP contribution < -0.4 is 0 Å². The molecule has 0 bridgehead atoms. The third-order valence-corrected chi connectivity index (χ3v) is 1.79. The standard InChI is InChI=1S/C7H4Cl2O2/c8-6-4(7(9)11)2-1-3-5(6)10/h1-3,10H. The third kappa shape index (κ3) is 1.64. The fourth-order valence-electron chi connectivity index (χ4n) is 0.672. The second-order valence-corrected chi connectivity index (χ2v) is 2.63. The van der Waals surface area contributed by atoms with Crippen LogP contribution in [0.1, 0.15) is 10.4 Å². The summed E-state index contributed by atoms with van der Waals surface area (Å²) in [5, 5.41) is 8.32. The van der Waals surface area contributed by atoms with Crippen LogP contribution in [-0.4, -0.2) is 10.3 Å². The van der Waals surface area contributed by atoms with Gasteiger partial charge in [-0.05, 0) is 23.7 Å². The molecule has 0 aliphatic rings. The minimum atomic E-state index is -0.675. The van der Waals surface area contributed by atoms with Gasteiger partial charge in [-0.25, -0.2) is 0 Å². The van der Waals surface area contributed by atoms with Crippen molar-refractivity contribution in [1.29, 1.82) is 0 Å². The molecule has 0 amide bonds. The summed E-state index contributed by atoms with van der Waals surface area (Å²) in [6, 6.07) is 4.32. The van der Waals surface area contributed by atoms with Crippen molar-refractivity contribution >= 4 is 28.4 Å². The van der Waals surface area contributed by atoms with Crippen LogP contribution in [0.5, 0.6) is 5.75 Å². The van der Waals surface area contributed by atoms with E-state index in [1.807, 2.05) is 0 Å². The van der Waals surface area contributed by atoms with Crippen LogP contribution in [0.25, 0.3) is 0 Å². The van der Waals surface area contributed by atoms with E-state index in [4.69, 9.17) is 28.3 Å². The molecule has 0 saturated carbocycles. The number of benzene rings is 1. The van der Waals surface area contributed by atoms with Crippen LogP contribution >= 0.6 is 23.2 Å². The maximum Gasteiger partial charge on any atom is 0.254 e. The van der Waals surface area contributed by atoms with Crippen LogP contribution in [0.3, 0.4) is 0 Å². The van der Waals surface area contributed by atoms with Crippen LogP contribution in [-0.2, 0) is 0 Å². The molecule has 1 aromatic carbocycles. The van der Waals surface area contributed by atoms with Gasteiger partial charge in [-0.3, -0.25) is 4.79 Å². The summed E-state index contributed by atoms with van der Waals surface area (Å²) in [6.45, 7) is 0. The van der Waals surface area contributed by atoms with Gasteiger partial charge in [0.1, 0.15) is 5.75 Å². The van der Waals surface area contributed by atoms with E-state index < -0.39 is 5.24 Å². The van der Waals surface area contributed by atoms with E-state index in [1.54, 1.807) is 0 Å². The van der Waals surface area contributed by atoms with Crippen molar-refractivity contribution in [2.45, 2.75) is 0 Å². The number of phenolic OH excluding ortho intramolecular Hbond substituents is 1. The molecule has 0 spiro atoms. The van der Waals surface area contributed by atoms with Gasteiger partial charge in [0.25, 0.3) is 5.24 Å². The normalized spacial score (nSPS) is 9.64. The number of aromatic hydroxyl groups is 1. The summed E-state index contributed by atoms with van der Waals surface area (Å²) in [6.07, 6.45) is 0. The predicted octanol–water partition coefficient (Wildman–Crippen LogP) is 2.42. The first-order chi connectivity index (χ1) is 5.13. The van der Waals surface area contributed by atoms with Gasteiger partial charge in [-0.15, -0.1) is 0 Å². The second kappa shape index (κ2) is 3.11. The van der Waals surface area contributed by atoms with Gasteiger partial charge >= 0.3 is 0 Å². The lowest BCUT2D eigenvalue weighted by atomic mass is 10.2. The average molecular weight is 191 g/mol. The average Bonchev–Trinajstić information content (AvgIpc) is 1.94. The molecule has 0 fully saturated rings. The lowest BCUT2D eigenvalue weighted by molar-refractivity contribution is 0.108. The minimum absolute atomic E-state index is 0.00694. The molecule has 0 radical (unpaired) electrons. The molecule has 0 unspecified atom stereocenters. The van der Waals surface area contributed by atoms with Gasteiger partial charge in [-0.2, -0.15) is 0 Å². The summed E-state index contributed by atoms with van der Waals surface area (Å²) < 4.78 is 0. The fraction of sp³-hybridized carbons (Fsp3) is 0. The van der Waals surface area contributed by atoms with E-state index in [2.05, 4.69) is 0 Å². The van der Waals surface area contributed by atoms with Gasteiger partial charge in [0.05, 0.1) is 10.6 Å². The summed E-state index contributed by atoms with van der Waals surface area (Å²) in [7, 11) is 0. The van der Waals surface area contributed by atoms with E-state index in [1.165, 1.54) is 18.2 Å². The molecule has 2 nitrogen and oxygen atoms in total. The number of rotatable bonds is 1. The van der Waals surface area contributed by atoms with E-state index >= 15 is 0 Å². The summed E-state index contributed by atoms with van der Waals surface area (Å²) in [5.74, 6) is -0.141. The van der Waals surface area contributed by atoms with Crippen molar-refractivity contribution in [2.75, 3.05) is 0 Å². The zero-order valence-electron chi connectivity index (χ0n) is 5.34. The molecular formula is C7H4Cl2O2. The molecule has 0 aliphatic heterocycles. The first kappa shape index (κ1) is 8.37. The Morgan fingerprint density at radius 1 is 1.45 bits per heavy atom. The Morgan fingerprint density at radius 2 is 2.09 bits per heavy atom. The van der Waals surface area contributed by atoms with Gasteiger partial charge in [0.15, 0.2) is 0 Å². The first-order valence-electron chi connectivity index (χ1n) is 2.80. The molecule has 0 aliphatic carbocycles. The van der Waals surface area contributed by atoms with Crippen LogP contribution in [0.4, 0.5) is 0 Å². The lowest BCUT2D eigenvalue weighted by Gasteiger charge is -1.98. The molecule has 0 aromatic heterocycles. The van der Waals surface area contributed by atoms with E-state index in [9.17, 15) is 4.79 Å².